The first-order valence-electron chi connectivity index (χ1n) is 8.55. The minimum atomic E-state index is -0.455. The fourth-order valence-electron chi connectivity index (χ4n) is 3.39. The second-order valence-corrected chi connectivity index (χ2v) is 6.29. The molecule has 4 heteroatoms. The summed E-state index contributed by atoms with van der Waals surface area (Å²) in [6.07, 6.45) is -0.455. The van der Waals surface area contributed by atoms with E-state index in [9.17, 15) is 5.11 Å². The van der Waals surface area contributed by atoms with Crippen LogP contribution in [0, 0.1) is 0 Å². The van der Waals surface area contributed by atoms with Gasteiger partial charge in [-0.15, -0.1) is 0 Å². The van der Waals surface area contributed by atoms with Gasteiger partial charge in [0.25, 0.3) is 0 Å². The molecule has 24 heavy (non-hydrogen) atoms. The van der Waals surface area contributed by atoms with E-state index in [1.807, 2.05) is 48.5 Å². The number of para-hydroxylation sites is 2. The predicted molar refractivity (Wildman–Crippen MR) is 97.6 cm³/mol. The molecule has 0 aliphatic carbocycles. The maximum absolute atomic E-state index is 10.6. The van der Waals surface area contributed by atoms with Crippen LogP contribution in [0.15, 0.2) is 54.6 Å². The van der Waals surface area contributed by atoms with Crippen molar-refractivity contribution in [3.05, 3.63) is 60.2 Å². The van der Waals surface area contributed by atoms with Gasteiger partial charge in [-0.05, 0) is 24.6 Å². The lowest BCUT2D eigenvalue weighted by atomic mass is 10.0. The fraction of sp³-hybridized carbons (Fsp3) is 0.400. The number of nitrogens with zero attached hydrogens (tertiary/aromatic N) is 2. The number of aliphatic hydroxyl groups excluding tert-OH is 1. The van der Waals surface area contributed by atoms with E-state index in [2.05, 4.69) is 22.8 Å². The quantitative estimate of drug-likeness (QED) is 0.916. The average Bonchev–Trinajstić information content (AvgIpc) is 2.67. The van der Waals surface area contributed by atoms with E-state index in [0.717, 1.165) is 43.2 Å². The number of aliphatic hydroxyl groups is 1. The predicted octanol–water partition coefficient (Wildman–Crippen LogP) is 2.94. The largest absolute Gasteiger partial charge is 0.495 e. The molecule has 2 atom stereocenters. The van der Waals surface area contributed by atoms with E-state index in [4.69, 9.17) is 4.74 Å². The van der Waals surface area contributed by atoms with Crippen molar-refractivity contribution >= 4 is 5.69 Å². The Labute approximate surface area is 144 Å². The molecule has 1 N–H and O–H groups in total. The SMILES string of the molecule is COc1ccccc1N1CCN([C@H](C)C(O)c2ccccc2)CC1. The van der Waals surface area contributed by atoms with E-state index in [1.165, 1.54) is 0 Å². The van der Waals surface area contributed by atoms with Gasteiger partial charge in [-0.2, -0.15) is 0 Å². The normalized spacial score (nSPS) is 18.2. The van der Waals surface area contributed by atoms with Crippen LogP contribution < -0.4 is 9.64 Å². The number of methoxy groups -OCH3 is 1. The summed E-state index contributed by atoms with van der Waals surface area (Å²) in [5, 5.41) is 10.6. The first-order chi connectivity index (χ1) is 11.7. The number of hydrogen-bond donors (Lipinski definition) is 1. The van der Waals surface area contributed by atoms with Crippen molar-refractivity contribution in [3.63, 3.8) is 0 Å². The highest BCUT2D eigenvalue weighted by atomic mass is 16.5. The van der Waals surface area contributed by atoms with Crippen LogP contribution in [0.2, 0.25) is 0 Å². The van der Waals surface area contributed by atoms with Crippen LogP contribution in [0.5, 0.6) is 5.75 Å². The molecule has 1 saturated heterocycles. The Morgan fingerprint density at radius 1 is 0.917 bits per heavy atom. The van der Waals surface area contributed by atoms with E-state index >= 15 is 0 Å². The third-order valence-corrected chi connectivity index (χ3v) is 4.91. The highest BCUT2D eigenvalue weighted by molar-refractivity contribution is 5.58. The summed E-state index contributed by atoms with van der Waals surface area (Å²) >= 11 is 0. The van der Waals surface area contributed by atoms with Gasteiger partial charge in [0.05, 0.1) is 18.9 Å². The number of ether oxygens (including phenoxy) is 1. The van der Waals surface area contributed by atoms with E-state index in [-0.39, 0.29) is 6.04 Å². The number of hydrogen-bond acceptors (Lipinski definition) is 4. The van der Waals surface area contributed by atoms with Gasteiger partial charge < -0.3 is 14.7 Å². The average molecular weight is 326 g/mol. The van der Waals surface area contributed by atoms with Gasteiger partial charge in [-0.3, -0.25) is 4.90 Å². The molecule has 0 amide bonds. The molecule has 4 nitrogen and oxygen atoms in total. The lowest BCUT2D eigenvalue weighted by molar-refractivity contribution is 0.0545. The molecule has 1 fully saturated rings. The standard InChI is InChI=1S/C20H26N2O2/c1-16(20(23)17-8-4-3-5-9-17)21-12-14-22(15-13-21)18-10-6-7-11-19(18)24-2/h3-11,16,20,23H,12-15H2,1-2H3/t16-,20?/m1/s1. The summed E-state index contributed by atoms with van der Waals surface area (Å²) < 4.78 is 5.47. The Kier molecular flexibility index (Phi) is 5.38. The summed E-state index contributed by atoms with van der Waals surface area (Å²) in [5.41, 5.74) is 2.13. The Morgan fingerprint density at radius 2 is 1.54 bits per heavy atom. The van der Waals surface area contributed by atoms with Crippen molar-refractivity contribution < 1.29 is 9.84 Å². The topological polar surface area (TPSA) is 35.9 Å². The lowest BCUT2D eigenvalue weighted by Crippen LogP contribution is -2.51. The summed E-state index contributed by atoms with van der Waals surface area (Å²) in [5.74, 6) is 0.920. The van der Waals surface area contributed by atoms with Gasteiger partial charge in [-0.1, -0.05) is 42.5 Å². The Bertz CT molecular complexity index is 639. The molecule has 128 valence electrons. The van der Waals surface area contributed by atoms with Gasteiger partial charge in [-0.25, -0.2) is 0 Å². The van der Waals surface area contributed by atoms with Crippen LogP contribution in [-0.2, 0) is 0 Å². The lowest BCUT2D eigenvalue weighted by Gasteiger charge is -2.40. The first kappa shape index (κ1) is 16.8. The van der Waals surface area contributed by atoms with Crippen LogP contribution in [0.4, 0.5) is 5.69 Å². The van der Waals surface area contributed by atoms with Gasteiger partial charge in [0.1, 0.15) is 5.75 Å². The molecule has 0 saturated carbocycles. The van der Waals surface area contributed by atoms with Gasteiger partial charge in [0.15, 0.2) is 0 Å². The molecule has 0 spiro atoms. The summed E-state index contributed by atoms with van der Waals surface area (Å²) in [6.45, 7) is 5.85. The molecule has 1 aliphatic rings. The van der Waals surface area contributed by atoms with Crippen LogP contribution in [0.1, 0.15) is 18.6 Å². The van der Waals surface area contributed by atoms with Crippen molar-refractivity contribution in [2.75, 3.05) is 38.2 Å². The zero-order valence-electron chi connectivity index (χ0n) is 14.4. The molecule has 1 unspecified atom stereocenters. The third kappa shape index (κ3) is 3.55. The van der Waals surface area contributed by atoms with Gasteiger partial charge in [0.2, 0.25) is 0 Å². The first-order valence-corrected chi connectivity index (χ1v) is 8.55. The van der Waals surface area contributed by atoms with Gasteiger partial charge >= 0.3 is 0 Å². The van der Waals surface area contributed by atoms with Crippen molar-refractivity contribution in [1.82, 2.24) is 4.90 Å². The molecular formula is C20H26N2O2. The summed E-state index contributed by atoms with van der Waals surface area (Å²) in [6, 6.07) is 18.2. The smallest absolute Gasteiger partial charge is 0.142 e. The Hall–Kier alpha value is -2.04. The fourth-order valence-corrected chi connectivity index (χ4v) is 3.39. The summed E-state index contributed by atoms with van der Waals surface area (Å²) in [7, 11) is 1.72. The molecule has 1 heterocycles. The van der Waals surface area contributed by atoms with E-state index in [1.54, 1.807) is 7.11 Å². The van der Waals surface area contributed by atoms with E-state index < -0.39 is 6.10 Å². The van der Waals surface area contributed by atoms with Crippen LogP contribution >= 0.6 is 0 Å². The molecule has 2 aromatic rings. The van der Waals surface area contributed by atoms with Crippen molar-refractivity contribution in [2.45, 2.75) is 19.1 Å². The van der Waals surface area contributed by atoms with Crippen LogP contribution in [0.3, 0.4) is 0 Å². The van der Waals surface area contributed by atoms with Crippen molar-refractivity contribution in [2.24, 2.45) is 0 Å². The zero-order valence-corrected chi connectivity index (χ0v) is 14.4. The second kappa shape index (κ2) is 7.69. The number of benzene rings is 2. The zero-order chi connectivity index (χ0) is 16.9. The van der Waals surface area contributed by atoms with Crippen molar-refractivity contribution in [3.8, 4) is 5.75 Å². The molecule has 0 radical (unpaired) electrons. The molecular weight excluding hydrogens is 300 g/mol. The molecule has 3 rings (SSSR count). The Balaban J connectivity index is 1.62. The summed E-state index contributed by atoms with van der Waals surface area (Å²) in [4.78, 5) is 4.72. The second-order valence-electron chi connectivity index (χ2n) is 6.29. The van der Waals surface area contributed by atoms with Gasteiger partial charge in [0, 0.05) is 32.2 Å². The monoisotopic (exact) mass is 326 g/mol. The minimum absolute atomic E-state index is 0.104. The molecule has 2 aromatic carbocycles. The Morgan fingerprint density at radius 3 is 2.21 bits per heavy atom. The highest BCUT2D eigenvalue weighted by Gasteiger charge is 2.27. The maximum Gasteiger partial charge on any atom is 0.142 e. The molecule has 0 bridgehead atoms. The minimum Gasteiger partial charge on any atom is -0.495 e. The molecule has 0 aromatic heterocycles. The van der Waals surface area contributed by atoms with Crippen molar-refractivity contribution in [1.29, 1.82) is 0 Å². The van der Waals surface area contributed by atoms with E-state index in [0.29, 0.717) is 0 Å². The van der Waals surface area contributed by atoms with Crippen LogP contribution in [0.25, 0.3) is 0 Å². The molecule has 1 aliphatic heterocycles. The number of rotatable bonds is 5. The third-order valence-electron chi connectivity index (χ3n) is 4.91. The number of anilines is 1. The maximum atomic E-state index is 10.6. The van der Waals surface area contributed by atoms with Crippen LogP contribution in [-0.4, -0.2) is 49.3 Å². The highest BCUT2D eigenvalue weighted by Crippen LogP contribution is 2.29. The number of piperazine rings is 1.